The van der Waals surface area contributed by atoms with Crippen LogP contribution in [0.4, 0.5) is 0 Å². The number of carbonyl (C=O) groups excluding carboxylic acids is 1. The number of amides is 1. The van der Waals surface area contributed by atoms with Gasteiger partial charge in [0.2, 0.25) is 0 Å². The molecule has 2 aromatic rings. The topological polar surface area (TPSA) is 70.9 Å². The van der Waals surface area contributed by atoms with E-state index in [4.69, 9.17) is 16.3 Å². The molecule has 2 N–H and O–H groups in total. The molecule has 0 heterocycles. The van der Waals surface area contributed by atoms with Gasteiger partial charge in [-0.15, -0.1) is 0 Å². The Morgan fingerprint density at radius 1 is 1.43 bits per heavy atom. The predicted octanol–water partition coefficient (Wildman–Crippen LogP) is 4.19. The number of nitrogens with one attached hydrogen (secondary N) is 1. The third-order valence-corrected chi connectivity index (χ3v) is 4.48. The molecule has 0 aliphatic heterocycles. The monoisotopic (exact) mass is 508 g/mol. The maximum absolute atomic E-state index is 12.1. The van der Waals surface area contributed by atoms with Crippen molar-refractivity contribution in [1.82, 2.24) is 5.43 Å². The van der Waals surface area contributed by atoms with Gasteiger partial charge < -0.3 is 9.84 Å². The van der Waals surface area contributed by atoms with Crippen LogP contribution in [-0.2, 0) is 0 Å². The number of methoxy groups -OCH3 is 1. The summed E-state index contributed by atoms with van der Waals surface area (Å²) in [7, 11) is 1.54. The van der Waals surface area contributed by atoms with Crippen LogP contribution in [0.25, 0.3) is 0 Å². The number of nitrogens with zero attached hydrogens (tertiary/aromatic N) is 1. The number of benzene rings is 2. The zero-order valence-electron chi connectivity index (χ0n) is 11.8. The van der Waals surface area contributed by atoms with E-state index in [1.165, 1.54) is 13.3 Å². The van der Waals surface area contributed by atoms with Gasteiger partial charge in [0, 0.05) is 15.6 Å². The van der Waals surface area contributed by atoms with Crippen molar-refractivity contribution in [2.24, 2.45) is 5.10 Å². The molecule has 2 aromatic carbocycles. The average Bonchev–Trinajstić information content (AvgIpc) is 2.52. The lowest BCUT2D eigenvalue weighted by Crippen LogP contribution is -2.17. The van der Waals surface area contributed by atoms with Crippen LogP contribution in [0.5, 0.6) is 11.5 Å². The Morgan fingerprint density at radius 2 is 2.17 bits per heavy atom. The minimum atomic E-state index is -0.392. The highest BCUT2D eigenvalue weighted by atomic mass is 127. The SMILES string of the molecule is COc1cc(C(=O)N/N=C/c2cc(Br)cc(Cl)c2O)ccc1I. The highest BCUT2D eigenvalue weighted by Gasteiger charge is 2.09. The Hall–Kier alpha value is -1.32. The van der Waals surface area contributed by atoms with Gasteiger partial charge in [0.15, 0.2) is 0 Å². The number of phenols is 1. The van der Waals surface area contributed by atoms with Crippen LogP contribution in [0.2, 0.25) is 5.02 Å². The average molecular weight is 510 g/mol. The van der Waals surface area contributed by atoms with E-state index in [0.29, 0.717) is 21.3 Å². The number of carbonyl (C=O) groups is 1. The summed E-state index contributed by atoms with van der Waals surface area (Å²) in [5.74, 6) is 0.110. The first-order chi connectivity index (χ1) is 10.9. The summed E-state index contributed by atoms with van der Waals surface area (Å²) < 4.78 is 6.76. The summed E-state index contributed by atoms with van der Waals surface area (Å²) in [6.07, 6.45) is 1.31. The summed E-state index contributed by atoms with van der Waals surface area (Å²) in [6.45, 7) is 0. The third kappa shape index (κ3) is 4.58. The van der Waals surface area contributed by atoms with E-state index < -0.39 is 5.91 Å². The van der Waals surface area contributed by atoms with Crippen LogP contribution >= 0.6 is 50.1 Å². The largest absolute Gasteiger partial charge is 0.506 e. The standard InChI is InChI=1S/C15H11BrClIN2O3/c1-23-13-5-8(2-3-12(13)18)15(22)20-19-7-9-4-10(16)6-11(17)14(9)21/h2-7,21H,1H3,(H,20,22)/b19-7+. The van der Waals surface area contributed by atoms with E-state index in [2.05, 4.69) is 49.0 Å². The zero-order chi connectivity index (χ0) is 17.0. The summed E-state index contributed by atoms with van der Waals surface area (Å²) in [5.41, 5.74) is 3.18. The molecule has 0 bridgehead atoms. The van der Waals surface area contributed by atoms with Crippen LogP contribution in [0, 0.1) is 3.57 Å². The number of hydrogen-bond acceptors (Lipinski definition) is 4. The minimum Gasteiger partial charge on any atom is -0.506 e. The fourth-order valence-corrected chi connectivity index (χ4v) is 3.10. The second kappa shape index (κ2) is 7.98. The highest BCUT2D eigenvalue weighted by molar-refractivity contribution is 14.1. The first-order valence-electron chi connectivity index (χ1n) is 6.27. The van der Waals surface area contributed by atoms with E-state index in [1.807, 2.05) is 0 Å². The highest BCUT2D eigenvalue weighted by Crippen LogP contribution is 2.30. The van der Waals surface area contributed by atoms with Gasteiger partial charge in [0.05, 0.1) is 21.9 Å². The van der Waals surface area contributed by atoms with E-state index in [9.17, 15) is 9.90 Å². The lowest BCUT2D eigenvalue weighted by molar-refractivity contribution is 0.0954. The maximum Gasteiger partial charge on any atom is 0.271 e. The van der Waals surface area contributed by atoms with Gasteiger partial charge in [0.1, 0.15) is 11.5 Å². The number of rotatable bonds is 4. The molecule has 0 radical (unpaired) electrons. The van der Waals surface area contributed by atoms with Crippen LogP contribution in [0.3, 0.4) is 0 Å². The van der Waals surface area contributed by atoms with Gasteiger partial charge in [-0.2, -0.15) is 5.10 Å². The number of ether oxygens (including phenoxy) is 1. The van der Waals surface area contributed by atoms with Gasteiger partial charge in [0.25, 0.3) is 5.91 Å². The fourth-order valence-electron chi connectivity index (χ4n) is 1.71. The maximum atomic E-state index is 12.1. The Labute approximate surface area is 160 Å². The molecule has 0 aliphatic carbocycles. The molecule has 1 amide bonds. The Kier molecular flexibility index (Phi) is 6.25. The van der Waals surface area contributed by atoms with Crippen LogP contribution in [0.1, 0.15) is 15.9 Å². The fraction of sp³-hybridized carbons (Fsp3) is 0.0667. The van der Waals surface area contributed by atoms with Crippen molar-refractivity contribution in [3.05, 3.63) is 54.5 Å². The van der Waals surface area contributed by atoms with Crippen molar-refractivity contribution in [2.75, 3.05) is 7.11 Å². The van der Waals surface area contributed by atoms with Crippen molar-refractivity contribution in [3.63, 3.8) is 0 Å². The number of aromatic hydroxyl groups is 1. The van der Waals surface area contributed by atoms with E-state index >= 15 is 0 Å². The summed E-state index contributed by atoms with van der Waals surface area (Å²) in [6, 6.07) is 8.26. The summed E-state index contributed by atoms with van der Waals surface area (Å²) >= 11 is 11.2. The summed E-state index contributed by atoms with van der Waals surface area (Å²) in [5, 5.41) is 13.9. The van der Waals surface area contributed by atoms with Crippen molar-refractivity contribution < 1.29 is 14.6 Å². The molecule has 0 aromatic heterocycles. The van der Waals surface area contributed by atoms with Gasteiger partial charge >= 0.3 is 0 Å². The molecule has 0 atom stereocenters. The number of hydrogen-bond donors (Lipinski definition) is 2. The van der Waals surface area contributed by atoms with E-state index in [0.717, 1.165) is 3.57 Å². The minimum absolute atomic E-state index is 0.108. The molecule has 0 spiro atoms. The van der Waals surface area contributed by atoms with Gasteiger partial charge in [-0.1, -0.05) is 27.5 Å². The molecule has 23 heavy (non-hydrogen) atoms. The van der Waals surface area contributed by atoms with E-state index in [-0.39, 0.29) is 10.8 Å². The first-order valence-corrected chi connectivity index (χ1v) is 8.52. The van der Waals surface area contributed by atoms with Crippen LogP contribution in [-0.4, -0.2) is 24.3 Å². The quantitative estimate of drug-likeness (QED) is 0.369. The molecule has 5 nitrogen and oxygen atoms in total. The Balaban J connectivity index is 2.13. The molecule has 2 rings (SSSR count). The predicted molar refractivity (Wildman–Crippen MR) is 102 cm³/mol. The second-order valence-corrected chi connectivity index (χ2v) is 6.86. The molecular formula is C15H11BrClIN2O3. The number of hydrazone groups is 1. The number of halogens is 3. The molecule has 0 fully saturated rings. The second-order valence-electron chi connectivity index (χ2n) is 4.37. The van der Waals surface area contributed by atoms with Crippen molar-refractivity contribution in [3.8, 4) is 11.5 Å². The van der Waals surface area contributed by atoms with Crippen LogP contribution < -0.4 is 10.2 Å². The normalized spacial score (nSPS) is 10.8. The zero-order valence-corrected chi connectivity index (χ0v) is 16.3. The lowest BCUT2D eigenvalue weighted by Gasteiger charge is -2.06. The molecule has 0 saturated heterocycles. The molecule has 0 saturated carbocycles. The third-order valence-electron chi connectivity index (χ3n) is 2.84. The van der Waals surface area contributed by atoms with Gasteiger partial charge in [-0.3, -0.25) is 4.79 Å². The Bertz CT molecular complexity index is 784. The van der Waals surface area contributed by atoms with Crippen molar-refractivity contribution >= 4 is 62.2 Å². The lowest BCUT2D eigenvalue weighted by atomic mass is 10.2. The van der Waals surface area contributed by atoms with E-state index in [1.54, 1.807) is 30.3 Å². The molecule has 8 heteroatoms. The molecule has 0 unspecified atom stereocenters. The van der Waals surface area contributed by atoms with Crippen molar-refractivity contribution in [1.29, 1.82) is 0 Å². The Morgan fingerprint density at radius 3 is 2.87 bits per heavy atom. The molecule has 0 aliphatic rings. The molecule has 120 valence electrons. The first kappa shape index (κ1) is 18.0. The summed E-state index contributed by atoms with van der Waals surface area (Å²) in [4.78, 5) is 12.1. The van der Waals surface area contributed by atoms with Crippen molar-refractivity contribution in [2.45, 2.75) is 0 Å². The number of phenolic OH excluding ortho intramolecular Hbond substituents is 1. The van der Waals surface area contributed by atoms with Gasteiger partial charge in [-0.05, 0) is 52.9 Å². The van der Waals surface area contributed by atoms with Crippen LogP contribution in [0.15, 0.2) is 39.9 Å². The molecular weight excluding hydrogens is 498 g/mol. The van der Waals surface area contributed by atoms with Gasteiger partial charge in [-0.25, -0.2) is 5.43 Å². The smallest absolute Gasteiger partial charge is 0.271 e.